The number of hydrogen-bond donors (Lipinski definition) is 1. The van der Waals surface area contributed by atoms with E-state index in [2.05, 4.69) is 17.0 Å². The number of hydrogen-bond acceptors (Lipinski definition) is 3. The molecule has 4 nitrogen and oxygen atoms in total. The van der Waals surface area contributed by atoms with Crippen molar-refractivity contribution >= 4 is 11.9 Å². The molecule has 1 amide bonds. The maximum Gasteiger partial charge on any atom is 0.407 e. The van der Waals surface area contributed by atoms with Crippen LogP contribution < -0.4 is 5.32 Å². The van der Waals surface area contributed by atoms with Gasteiger partial charge in [-0.15, -0.1) is 0 Å². The minimum Gasteiger partial charge on any atom is -0.453 e. The van der Waals surface area contributed by atoms with Crippen LogP contribution in [-0.2, 0) is 9.53 Å². The molecule has 0 fully saturated rings. The van der Waals surface area contributed by atoms with Gasteiger partial charge in [-0.25, -0.2) is 4.79 Å². The lowest BCUT2D eigenvalue weighted by Crippen LogP contribution is -2.46. The maximum absolute atomic E-state index is 12.6. The first kappa shape index (κ1) is 18.9. The summed E-state index contributed by atoms with van der Waals surface area (Å²) in [7, 11) is 1.32. The predicted molar refractivity (Wildman–Crippen MR) is 81.7 cm³/mol. The first-order chi connectivity index (χ1) is 9.47. The molecule has 0 bridgehead atoms. The Morgan fingerprint density at radius 3 is 2.20 bits per heavy atom. The highest BCUT2D eigenvalue weighted by Crippen LogP contribution is 2.19. The quantitative estimate of drug-likeness (QED) is 0.619. The molecule has 0 saturated carbocycles. The minimum atomic E-state index is -0.530. The Morgan fingerprint density at radius 1 is 1.10 bits per heavy atom. The molecule has 1 unspecified atom stereocenters. The lowest BCUT2D eigenvalue weighted by Gasteiger charge is -2.25. The fourth-order valence-electron chi connectivity index (χ4n) is 2.37. The molecule has 1 N–H and O–H groups in total. The molecule has 0 radical (unpaired) electrons. The van der Waals surface area contributed by atoms with E-state index >= 15 is 0 Å². The third-order valence-electron chi connectivity index (χ3n) is 3.73. The number of ether oxygens (including phenoxy) is 1. The molecule has 0 spiro atoms. The molecule has 4 heteroatoms. The number of unbranched alkanes of at least 4 members (excludes halogenated alkanes) is 3. The molecular weight excluding hydrogens is 254 g/mol. The van der Waals surface area contributed by atoms with Crippen molar-refractivity contribution in [3.63, 3.8) is 0 Å². The average Bonchev–Trinajstić information content (AvgIpc) is 2.43. The van der Waals surface area contributed by atoms with Crippen molar-refractivity contribution in [1.29, 1.82) is 0 Å². The smallest absolute Gasteiger partial charge is 0.407 e. The Bertz CT molecular complexity index is 289. The predicted octanol–water partition coefficient (Wildman–Crippen LogP) is 3.93. The number of Topliss-reactive ketones (excluding diaryl/α,β-unsaturated/α-hetero) is 1. The second-order valence-corrected chi connectivity index (χ2v) is 5.71. The van der Waals surface area contributed by atoms with Gasteiger partial charge < -0.3 is 10.1 Å². The van der Waals surface area contributed by atoms with E-state index in [-0.39, 0.29) is 17.6 Å². The second kappa shape index (κ2) is 10.7. The Labute approximate surface area is 123 Å². The highest BCUT2D eigenvalue weighted by atomic mass is 16.5. The molecule has 2 atom stereocenters. The first-order valence-corrected chi connectivity index (χ1v) is 7.86. The maximum atomic E-state index is 12.6. The molecule has 20 heavy (non-hydrogen) atoms. The highest BCUT2D eigenvalue weighted by Gasteiger charge is 2.29. The van der Waals surface area contributed by atoms with E-state index in [4.69, 9.17) is 0 Å². The standard InChI is InChI=1S/C16H31NO3/c1-6-8-9-10-11-13(7-2)15(18)14(12(3)4)17-16(19)20-5/h12-14H,6-11H2,1-5H3,(H,17,19)/t13?,14-/m0/s1. The van der Waals surface area contributed by atoms with E-state index in [0.717, 1.165) is 19.3 Å². The molecule has 0 saturated heterocycles. The second-order valence-electron chi connectivity index (χ2n) is 5.71. The number of carbonyl (C=O) groups excluding carboxylic acids is 2. The average molecular weight is 285 g/mol. The van der Waals surface area contributed by atoms with Crippen LogP contribution in [0.1, 0.15) is 66.2 Å². The lowest BCUT2D eigenvalue weighted by atomic mass is 9.86. The first-order valence-electron chi connectivity index (χ1n) is 7.86. The van der Waals surface area contributed by atoms with Crippen LogP contribution in [0.25, 0.3) is 0 Å². The normalized spacial score (nSPS) is 13.9. The van der Waals surface area contributed by atoms with Crippen molar-refractivity contribution in [2.45, 2.75) is 72.3 Å². The lowest BCUT2D eigenvalue weighted by molar-refractivity contribution is -0.126. The van der Waals surface area contributed by atoms with Gasteiger partial charge >= 0.3 is 6.09 Å². The monoisotopic (exact) mass is 285 g/mol. The van der Waals surface area contributed by atoms with E-state index in [9.17, 15) is 9.59 Å². The van der Waals surface area contributed by atoms with Crippen molar-refractivity contribution in [2.75, 3.05) is 7.11 Å². The molecule has 0 heterocycles. The third kappa shape index (κ3) is 6.92. The van der Waals surface area contributed by atoms with E-state index in [1.807, 2.05) is 20.8 Å². The molecule has 0 aliphatic heterocycles. The number of carbonyl (C=O) groups is 2. The van der Waals surface area contributed by atoms with Crippen LogP contribution >= 0.6 is 0 Å². The summed E-state index contributed by atoms with van der Waals surface area (Å²) in [5.74, 6) is 0.257. The fraction of sp³-hybridized carbons (Fsp3) is 0.875. The summed E-state index contributed by atoms with van der Waals surface area (Å²) in [4.78, 5) is 23.9. The zero-order valence-corrected chi connectivity index (χ0v) is 13.7. The van der Waals surface area contributed by atoms with Gasteiger partial charge in [-0.1, -0.05) is 53.4 Å². The Hall–Kier alpha value is -1.06. The van der Waals surface area contributed by atoms with Gasteiger partial charge in [0.1, 0.15) is 0 Å². The Kier molecular flexibility index (Phi) is 10.1. The van der Waals surface area contributed by atoms with Gasteiger partial charge in [-0.3, -0.25) is 4.79 Å². The number of methoxy groups -OCH3 is 1. The van der Waals surface area contributed by atoms with Gasteiger partial charge in [0.2, 0.25) is 0 Å². The summed E-state index contributed by atoms with van der Waals surface area (Å²) in [6.45, 7) is 8.11. The van der Waals surface area contributed by atoms with E-state index < -0.39 is 12.1 Å². The van der Waals surface area contributed by atoms with Crippen LogP contribution in [0.15, 0.2) is 0 Å². The van der Waals surface area contributed by atoms with Crippen LogP contribution in [0.5, 0.6) is 0 Å². The Morgan fingerprint density at radius 2 is 1.75 bits per heavy atom. The van der Waals surface area contributed by atoms with E-state index in [0.29, 0.717) is 0 Å². The van der Waals surface area contributed by atoms with Gasteiger partial charge in [0.05, 0.1) is 13.2 Å². The molecule has 0 aromatic carbocycles. The van der Waals surface area contributed by atoms with Gasteiger partial charge in [0, 0.05) is 5.92 Å². The molecule has 0 aliphatic rings. The molecule has 118 valence electrons. The van der Waals surface area contributed by atoms with E-state index in [1.54, 1.807) is 0 Å². The van der Waals surface area contributed by atoms with Crippen LogP contribution in [0, 0.1) is 11.8 Å². The van der Waals surface area contributed by atoms with Crippen LogP contribution in [0.4, 0.5) is 4.79 Å². The number of nitrogens with one attached hydrogen (secondary N) is 1. The van der Waals surface area contributed by atoms with E-state index in [1.165, 1.54) is 26.4 Å². The summed E-state index contributed by atoms with van der Waals surface area (Å²) >= 11 is 0. The minimum absolute atomic E-state index is 0.0383. The fourth-order valence-corrected chi connectivity index (χ4v) is 2.37. The molecule has 0 aromatic heterocycles. The largest absolute Gasteiger partial charge is 0.453 e. The summed E-state index contributed by atoms with van der Waals surface area (Å²) in [5, 5.41) is 2.67. The van der Waals surface area contributed by atoms with Crippen molar-refractivity contribution < 1.29 is 14.3 Å². The van der Waals surface area contributed by atoms with Gasteiger partial charge in [0.15, 0.2) is 5.78 Å². The highest BCUT2D eigenvalue weighted by molar-refractivity contribution is 5.89. The molecule has 0 aromatic rings. The van der Waals surface area contributed by atoms with Crippen molar-refractivity contribution in [3.8, 4) is 0 Å². The number of alkyl carbamates (subject to hydrolysis) is 1. The molecular formula is C16H31NO3. The summed E-state index contributed by atoms with van der Waals surface area (Å²) < 4.78 is 4.61. The van der Waals surface area contributed by atoms with Gasteiger partial charge in [0.25, 0.3) is 0 Å². The molecule has 0 rings (SSSR count). The van der Waals surface area contributed by atoms with Crippen LogP contribution in [-0.4, -0.2) is 25.0 Å². The van der Waals surface area contributed by atoms with Gasteiger partial charge in [-0.05, 0) is 18.8 Å². The number of ketones is 1. The van der Waals surface area contributed by atoms with Gasteiger partial charge in [-0.2, -0.15) is 0 Å². The molecule has 0 aliphatic carbocycles. The zero-order valence-electron chi connectivity index (χ0n) is 13.7. The van der Waals surface area contributed by atoms with Crippen molar-refractivity contribution in [3.05, 3.63) is 0 Å². The van der Waals surface area contributed by atoms with Crippen LogP contribution in [0.3, 0.4) is 0 Å². The summed E-state index contributed by atoms with van der Waals surface area (Å²) in [6.07, 6.45) is 5.90. The SMILES string of the molecule is CCCCCCC(CC)C(=O)[C@@H](NC(=O)OC)C(C)C. The third-order valence-corrected chi connectivity index (χ3v) is 3.73. The van der Waals surface area contributed by atoms with Crippen LogP contribution in [0.2, 0.25) is 0 Å². The van der Waals surface area contributed by atoms with Crippen molar-refractivity contribution in [1.82, 2.24) is 5.32 Å². The van der Waals surface area contributed by atoms with Crippen molar-refractivity contribution in [2.24, 2.45) is 11.8 Å². The summed E-state index contributed by atoms with van der Waals surface area (Å²) in [6, 6.07) is -0.446. The number of amides is 1. The topological polar surface area (TPSA) is 55.4 Å². The Balaban J connectivity index is 4.53. The summed E-state index contributed by atoms with van der Waals surface area (Å²) in [5.41, 5.74) is 0. The zero-order chi connectivity index (χ0) is 15.5. The number of rotatable bonds is 10.